The van der Waals surface area contributed by atoms with Crippen LogP contribution in [0.5, 0.6) is 0 Å². The molecular weight excluding hydrogens is 205 g/mol. The molecule has 1 rings (SSSR count). The molecule has 0 aliphatic heterocycles. The third-order valence-corrected chi connectivity index (χ3v) is 2.32. The van der Waals surface area contributed by atoms with Gasteiger partial charge < -0.3 is 10.5 Å². The number of rotatable bonds is 3. The van der Waals surface area contributed by atoms with Crippen LogP contribution in [0, 0.1) is 12.7 Å². The molecule has 1 atom stereocenters. The van der Waals surface area contributed by atoms with Crippen molar-refractivity contribution >= 4 is 0 Å². The van der Waals surface area contributed by atoms with Gasteiger partial charge >= 0.3 is 0 Å². The Labute approximate surface area is 96.6 Å². The lowest BCUT2D eigenvalue weighted by Gasteiger charge is -2.22. The molecular formula is C13H20FNO. The molecule has 90 valence electrons. The minimum atomic E-state index is -0.283. The quantitative estimate of drug-likeness (QED) is 0.858. The zero-order valence-electron chi connectivity index (χ0n) is 10.4. The predicted octanol–water partition coefficient (Wildman–Crippen LogP) is 2.95. The summed E-state index contributed by atoms with van der Waals surface area (Å²) in [6, 6.07) is 4.78. The fourth-order valence-corrected chi connectivity index (χ4v) is 1.28. The van der Waals surface area contributed by atoms with Crippen LogP contribution in [-0.2, 0) is 4.74 Å². The molecule has 0 amide bonds. The second-order valence-electron chi connectivity index (χ2n) is 5.04. The van der Waals surface area contributed by atoms with Crippen LogP contribution in [0.25, 0.3) is 0 Å². The summed E-state index contributed by atoms with van der Waals surface area (Å²) < 4.78 is 18.9. The molecule has 0 saturated carbocycles. The van der Waals surface area contributed by atoms with Crippen LogP contribution in [0.15, 0.2) is 18.2 Å². The highest BCUT2D eigenvalue weighted by molar-refractivity contribution is 5.25. The Kier molecular flexibility index (Phi) is 4.05. The van der Waals surface area contributed by atoms with Crippen molar-refractivity contribution in [2.24, 2.45) is 5.73 Å². The van der Waals surface area contributed by atoms with E-state index in [1.54, 1.807) is 13.0 Å². The van der Waals surface area contributed by atoms with Gasteiger partial charge in [-0.05, 0) is 44.9 Å². The predicted molar refractivity (Wildman–Crippen MR) is 63.8 cm³/mol. The van der Waals surface area contributed by atoms with Gasteiger partial charge in [0.25, 0.3) is 0 Å². The van der Waals surface area contributed by atoms with Gasteiger partial charge in [0.05, 0.1) is 18.2 Å². The summed E-state index contributed by atoms with van der Waals surface area (Å²) in [5, 5.41) is 0. The van der Waals surface area contributed by atoms with E-state index in [4.69, 9.17) is 10.5 Å². The fraction of sp³-hybridized carbons (Fsp3) is 0.538. The van der Waals surface area contributed by atoms with Crippen LogP contribution in [-0.4, -0.2) is 12.2 Å². The molecule has 0 aliphatic rings. The maximum atomic E-state index is 13.3. The lowest BCUT2D eigenvalue weighted by molar-refractivity contribution is -0.0102. The van der Waals surface area contributed by atoms with Gasteiger partial charge in [-0.15, -0.1) is 0 Å². The largest absolute Gasteiger partial charge is 0.374 e. The molecule has 0 saturated heterocycles. The van der Waals surface area contributed by atoms with E-state index in [2.05, 4.69) is 0 Å². The molecule has 3 heteroatoms. The standard InChI is InChI=1S/C13H20FNO/c1-9-5-6-10(7-11(9)14)12(15)8-16-13(2,3)4/h5-7,12H,8,15H2,1-4H3. The minimum Gasteiger partial charge on any atom is -0.374 e. The molecule has 0 radical (unpaired) electrons. The molecule has 1 aromatic carbocycles. The third-order valence-electron chi connectivity index (χ3n) is 2.32. The Hall–Kier alpha value is -0.930. The number of aryl methyl sites for hydroxylation is 1. The minimum absolute atomic E-state index is 0.219. The average Bonchev–Trinajstić information content (AvgIpc) is 2.17. The van der Waals surface area contributed by atoms with E-state index in [-0.39, 0.29) is 17.5 Å². The number of benzene rings is 1. The van der Waals surface area contributed by atoms with Crippen LogP contribution >= 0.6 is 0 Å². The van der Waals surface area contributed by atoms with E-state index >= 15 is 0 Å². The van der Waals surface area contributed by atoms with E-state index in [1.165, 1.54) is 6.07 Å². The van der Waals surface area contributed by atoms with Crippen LogP contribution in [0.4, 0.5) is 4.39 Å². The fourth-order valence-electron chi connectivity index (χ4n) is 1.28. The molecule has 0 heterocycles. The Morgan fingerprint density at radius 3 is 2.50 bits per heavy atom. The second-order valence-corrected chi connectivity index (χ2v) is 5.04. The Bertz CT molecular complexity index is 357. The first-order chi connectivity index (χ1) is 7.29. The summed E-state index contributed by atoms with van der Waals surface area (Å²) in [6.45, 7) is 8.03. The first-order valence-electron chi connectivity index (χ1n) is 5.45. The molecule has 0 spiro atoms. The molecule has 2 N–H and O–H groups in total. The van der Waals surface area contributed by atoms with E-state index in [9.17, 15) is 4.39 Å². The van der Waals surface area contributed by atoms with Gasteiger partial charge in [-0.2, -0.15) is 0 Å². The van der Waals surface area contributed by atoms with E-state index in [0.29, 0.717) is 12.2 Å². The summed E-state index contributed by atoms with van der Waals surface area (Å²) in [5.74, 6) is -0.219. The highest BCUT2D eigenvalue weighted by Gasteiger charge is 2.14. The molecule has 0 aromatic heterocycles. The van der Waals surface area contributed by atoms with E-state index in [0.717, 1.165) is 5.56 Å². The maximum Gasteiger partial charge on any atom is 0.126 e. The lowest BCUT2D eigenvalue weighted by atomic mass is 10.1. The second kappa shape index (κ2) is 4.93. The van der Waals surface area contributed by atoms with E-state index in [1.807, 2.05) is 26.8 Å². The lowest BCUT2D eigenvalue weighted by Crippen LogP contribution is -2.26. The van der Waals surface area contributed by atoms with Gasteiger partial charge in [-0.25, -0.2) is 4.39 Å². The van der Waals surface area contributed by atoms with Crippen molar-refractivity contribution in [2.75, 3.05) is 6.61 Å². The highest BCUT2D eigenvalue weighted by Crippen LogP contribution is 2.17. The highest BCUT2D eigenvalue weighted by atomic mass is 19.1. The summed E-state index contributed by atoms with van der Waals surface area (Å²) in [6.07, 6.45) is 0. The number of nitrogens with two attached hydrogens (primary N) is 1. The summed E-state index contributed by atoms with van der Waals surface area (Å²) >= 11 is 0. The van der Waals surface area contributed by atoms with Crippen molar-refractivity contribution in [1.29, 1.82) is 0 Å². The Morgan fingerprint density at radius 1 is 1.38 bits per heavy atom. The molecule has 1 aromatic rings. The molecule has 16 heavy (non-hydrogen) atoms. The van der Waals surface area contributed by atoms with Crippen molar-refractivity contribution in [3.63, 3.8) is 0 Å². The molecule has 0 bridgehead atoms. The van der Waals surface area contributed by atoms with Crippen LogP contribution in [0.1, 0.15) is 37.9 Å². The van der Waals surface area contributed by atoms with Crippen molar-refractivity contribution < 1.29 is 9.13 Å². The Morgan fingerprint density at radius 2 is 2.00 bits per heavy atom. The molecule has 0 fully saturated rings. The summed E-state index contributed by atoms with van der Waals surface area (Å²) in [7, 11) is 0. The third kappa shape index (κ3) is 3.91. The van der Waals surface area contributed by atoms with Gasteiger partial charge in [0, 0.05) is 0 Å². The van der Waals surface area contributed by atoms with Crippen molar-refractivity contribution in [3.8, 4) is 0 Å². The molecule has 1 unspecified atom stereocenters. The van der Waals surface area contributed by atoms with Gasteiger partial charge in [0.1, 0.15) is 5.82 Å². The zero-order chi connectivity index (χ0) is 12.3. The normalized spacial score (nSPS) is 13.9. The van der Waals surface area contributed by atoms with Crippen LogP contribution in [0.2, 0.25) is 0 Å². The number of hydrogen-bond acceptors (Lipinski definition) is 2. The van der Waals surface area contributed by atoms with Crippen molar-refractivity contribution in [1.82, 2.24) is 0 Å². The first-order valence-corrected chi connectivity index (χ1v) is 5.45. The SMILES string of the molecule is Cc1ccc(C(N)COC(C)(C)C)cc1F. The summed E-state index contributed by atoms with van der Waals surface area (Å²) in [4.78, 5) is 0. The van der Waals surface area contributed by atoms with Crippen LogP contribution < -0.4 is 5.73 Å². The molecule has 0 aliphatic carbocycles. The number of hydrogen-bond donors (Lipinski definition) is 1. The smallest absolute Gasteiger partial charge is 0.126 e. The van der Waals surface area contributed by atoms with Crippen LogP contribution in [0.3, 0.4) is 0 Å². The van der Waals surface area contributed by atoms with Gasteiger partial charge in [-0.1, -0.05) is 12.1 Å². The van der Waals surface area contributed by atoms with E-state index < -0.39 is 0 Å². The summed E-state index contributed by atoms with van der Waals surface area (Å²) in [5.41, 5.74) is 7.11. The molecule has 2 nitrogen and oxygen atoms in total. The Balaban J connectivity index is 2.66. The van der Waals surface area contributed by atoms with Gasteiger partial charge in [0.2, 0.25) is 0 Å². The van der Waals surface area contributed by atoms with Crippen molar-refractivity contribution in [3.05, 3.63) is 35.1 Å². The van der Waals surface area contributed by atoms with Gasteiger partial charge in [0.15, 0.2) is 0 Å². The van der Waals surface area contributed by atoms with Crippen molar-refractivity contribution in [2.45, 2.75) is 39.3 Å². The number of halogens is 1. The first kappa shape index (κ1) is 13.1. The average molecular weight is 225 g/mol. The monoisotopic (exact) mass is 225 g/mol. The maximum absolute atomic E-state index is 13.3. The van der Waals surface area contributed by atoms with Gasteiger partial charge in [-0.3, -0.25) is 0 Å². The topological polar surface area (TPSA) is 35.2 Å². The zero-order valence-corrected chi connectivity index (χ0v) is 10.4. The number of ether oxygens (including phenoxy) is 1.